The van der Waals surface area contributed by atoms with Crippen LogP contribution in [0.3, 0.4) is 0 Å². The zero-order valence-electron chi connectivity index (χ0n) is 17.2. The van der Waals surface area contributed by atoms with Crippen LogP contribution in [0.4, 0.5) is 5.69 Å². The van der Waals surface area contributed by atoms with E-state index < -0.39 is 0 Å². The number of anilines is 1. The number of ether oxygens (including phenoxy) is 2. The molecule has 0 saturated carbocycles. The number of para-hydroxylation sites is 2. The number of hydrogen-bond donors (Lipinski definition) is 1. The lowest BCUT2D eigenvalue weighted by molar-refractivity contribution is -0.115. The van der Waals surface area contributed by atoms with Gasteiger partial charge in [0.2, 0.25) is 5.91 Å². The van der Waals surface area contributed by atoms with Gasteiger partial charge in [-0.1, -0.05) is 18.2 Å². The van der Waals surface area contributed by atoms with E-state index in [0.717, 1.165) is 33.7 Å². The molecule has 0 unspecified atom stereocenters. The average Bonchev–Trinajstić information content (AvgIpc) is 3.11. The monoisotopic (exact) mass is 401 g/mol. The molecular weight excluding hydrogens is 378 g/mol. The molecule has 4 rings (SSSR count). The maximum absolute atomic E-state index is 12.5. The third-order valence-electron chi connectivity index (χ3n) is 5.06. The summed E-state index contributed by atoms with van der Waals surface area (Å²) >= 11 is 0. The van der Waals surface area contributed by atoms with Crippen molar-refractivity contribution < 1.29 is 14.3 Å². The van der Waals surface area contributed by atoms with Crippen molar-refractivity contribution in [1.82, 2.24) is 9.55 Å². The fourth-order valence-corrected chi connectivity index (χ4v) is 3.48. The lowest BCUT2D eigenvalue weighted by Crippen LogP contribution is -2.15. The maximum Gasteiger partial charge on any atom is 0.228 e. The van der Waals surface area contributed by atoms with Crippen LogP contribution in [0.2, 0.25) is 0 Å². The minimum Gasteiger partial charge on any atom is -0.497 e. The first kappa shape index (κ1) is 19.5. The molecular formula is C24H23N3O3. The van der Waals surface area contributed by atoms with Crippen molar-refractivity contribution in [3.8, 4) is 22.9 Å². The molecule has 30 heavy (non-hydrogen) atoms. The van der Waals surface area contributed by atoms with E-state index >= 15 is 0 Å². The van der Waals surface area contributed by atoms with Gasteiger partial charge in [-0.05, 0) is 42.5 Å². The summed E-state index contributed by atoms with van der Waals surface area (Å²) in [5.41, 5.74) is 4.56. The lowest BCUT2D eigenvalue weighted by Gasteiger charge is -2.11. The van der Waals surface area contributed by atoms with Gasteiger partial charge in [-0.25, -0.2) is 4.98 Å². The predicted molar refractivity (Wildman–Crippen MR) is 118 cm³/mol. The summed E-state index contributed by atoms with van der Waals surface area (Å²) in [5, 5.41) is 2.94. The van der Waals surface area contributed by atoms with Gasteiger partial charge in [0.05, 0.1) is 31.7 Å². The number of fused-ring (bicyclic) bond motifs is 1. The highest BCUT2D eigenvalue weighted by atomic mass is 16.5. The van der Waals surface area contributed by atoms with Crippen molar-refractivity contribution in [2.45, 2.75) is 6.42 Å². The first-order valence-corrected chi connectivity index (χ1v) is 9.61. The highest BCUT2D eigenvalue weighted by molar-refractivity contribution is 5.93. The van der Waals surface area contributed by atoms with Crippen LogP contribution in [0, 0.1) is 0 Å². The van der Waals surface area contributed by atoms with E-state index in [9.17, 15) is 4.79 Å². The molecule has 0 aliphatic heterocycles. The molecule has 6 nitrogen and oxygen atoms in total. The van der Waals surface area contributed by atoms with Crippen LogP contribution in [0.5, 0.6) is 11.5 Å². The molecule has 0 bridgehead atoms. The molecule has 3 aromatic carbocycles. The Balaban J connectivity index is 1.48. The first-order chi connectivity index (χ1) is 14.6. The van der Waals surface area contributed by atoms with Crippen LogP contribution in [0.25, 0.3) is 22.4 Å². The Morgan fingerprint density at radius 2 is 1.77 bits per heavy atom. The highest BCUT2D eigenvalue weighted by Gasteiger charge is 2.12. The summed E-state index contributed by atoms with van der Waals surface area (Å²) in [7, 11) is 5.18. The number of aromatic nitrogens is 2. The number of nitrogens with zero attached hydrogens (tertiary/aromatic N) is 2. The molecule has 0 fully saturated rings. The number of hydrogen-bond acceptors (Lipinski definition) is 4. The summed E-state index contributed by atoms with van der Waals surface area (Å²) in [6, 6.07) is 21.2. The summed E-state index contributed by atoms with van der Waals surface area (Å²) in [6.07, 6.45) is 0.208. The van der Waals surface area contributed by atoms with E-state index in [1.54, 1.807) is 20.3 Å². The smallest absolute Gasteiger partial charge is 0.228 e. The SMILES string of the molecule is COc1ccc(CC(=O)Nc2ccc(-c3nc4ccccc4n3C)cc2)c(OC)c1. The van der Waals surface area contributed by atoms with Gasteiger partial charge in [-0.3, -0.25) is 4.79 Å². The molecule has 0 aliphatic carbocycles. The Hall–Kier alpha value is -3.80. The van der Waals surface area contributed by atoms with Crippen LogP contribution < -0.4 is 14.8 Å². The van der Waals surface area contributed by atoms with Crippen molar-refractivity contribution in [3.63, 3.8) is 0 Å². The van der Waals surface area contributed by atoms with E-state index in [-0.39, 0.29) is 12.3 Å². The van der Waals surface area contributed by atoms with Crippen molar-refractivity contribution in [2.75, 3.05) is 19.5 Å². The number of methoxy groups -OCH3 is 2. The number of aryl methyl sites for hydroxylation is 1. The van der Waals surface area contributed by atoms with Crippen LogP contribution >= 0.6 is 0 Å². The maximum atomic E-state index is 12.5. The van der Waals surface area contributed by atoms with Crippen LogP contribution in [0.1, 0.15) is 5.56 Å². The molecule has 1 heterocycles. The van der Waals surface area contributed by atoms with Gasteiger partial charge in [-0.15, -0.1) is 0 Å². The summed E-state index contributed by atoms with van der Waals surface area (Å²) in [4.78, 5) is 17.2. The summed E-state index contributed by atoms with van der Waals surface area (Å²) in [5.74, 6) is 2.08. The van der Waals surface area contributed by atoms with Crippen molar-refractivity contribution in [3.05, 3.63) is 72.3 Å². The van der Waals surface area contributed by atoms with Crippen molar-refractivity contribution >= 4 is 22.6 Å². The van der Waals surface area contributed by atoms with Gasteiger partial charge >= 0.3 is 0 Å². The first-order valence-electron chi connectivity index (χ1n) is 9.61. The third kappa shape index (κ3) is 3.85. The second-order valence-electron chi connectivity index (χ2n) is 6.96. The zero-order valence-corrected chi connectivity index (χ0v) is 17.2. The van der Waals surface area contributed by atoms with E-state index in [4.69, 9.17) is 14.5 Å². The number of carbonyl (C=O) groups excluding carboxylic acids is 1. The predicted octanol–water partition coefficient (Wildman–Crippen LogP) is 4.44. The van der Waals surface area contributed by atoms with Crippen molar-refractivity contribution in [1.29, 1.82) is 0 Å². The Morgan fingerprint density at radius 1 is 1.00 bits per heavy atom. The van der Waals surface area contributed by atoms with Gasteiger partial charge in [-0.2, -0.15) is 0 Å². The number of benzene rings is 3. The Bertz CT molecular complexity index is 1200. The Kier molecular flexibility index (Phi) is 5.39. The molecule has 0 saturated heterocycles. The molecule has 0 aliphatic rings. The van der Waals surface area contributed by atoms with E-state index in [2.05, 4.69) is 9.88 Å². The van der Waals surface area contributed by atoms with Gasteiger partial charge < -0.3 is 19.4 Å². The molecule has 1 N–H and O–H groups in total. The Morgan fingerprint density at radius 3 is 2.47 bits per heavy atom. The van der Waals surface area contributed by atoms with Gasteiger partial charge in [0, 0.05) is 29.9 Å². The summed E-state index contributed by atoms with van der Waals surface area (Å²) in [6.45, 7) is 0. The fourth-order valence-electron chi connectivity index (χ4n) is 3.48. The molecule has 4 aromatic rings. The molecule has 0 atom stereocenters. The second kappa shape index (κ2) is 8.29. The fraction of sp³-hybridized carbons (Fsp3) is 0.167. The number of amides is 1. The van der Waals surface area contributed by atoms with E-state index in [0.29, 0.717) is 11.5 Å². The largest absolute Gasteiger partial charge is 0.497 e. The Labute approximate surface area is 175 Å². The number of rotatable bonds is 6. The van der Waals surface area contributed by atoms with Crippen LogP contribution in [-0.4, -0.2) is 29.7 Å². The molecule has 6 heteroatoms. The topological polar surface area (TPSA) is 65.4 Å². The molecule has 0 spiro atoms. The lowest BCUT2D eigenvalue weighted by atomic mass is 10.1. The highest BCUT2D eigenvalue weighted by Crippen LogP contribution is 2.26. The molecule has 0 radical (unpaired) electrons. The minimum absolute atomic E-state index is 0.117. The van der Waals surface area contributed by atoms with E-state index in [1.165, 1.54) is 0 Å². The number of nitrogens with one attached hydrogen (secondary N) is 1. The molecule has 1 aromatic heterocycles. The quantitative estimate of drug-likeness (QED) is 0.519. The van der Waals surface area contributed by atoms with Gasteiger partial charge in [0.1, 0.15) is 17.3 Å². The molecule has 152 valence electrons. The second-order valence-corrected chi connectivity index (χ2v) is 6.96. The minimum atomic E-state index is -0.117. The normalized spacial score (nSPS) is 10.8. The van der Waals surface area contributed by atoms with Crippen molar-refractivity contribution in [2.24, 2.45) is 7.05 Å². The summed E-state index contributed by atoms with van der Waals surface area (Å²) < 4.78 is 12.6. The zero-order chi connectivity index (χ0) is 21.1. The standard InChI is InChI=1S/C24H23N3O3/c1-27-21-7-5-4-6-20(21)26-24(27)16-8-11-18(12-9-16)25-23(28)14-17-10-13-19(29-2)15-22(17)30-3/h4-13,15H,14H2,1-3H3,(H,25,28). The van der Waals surface area contributed by atoms with Gasteiger partial charge in [0.15, 0.2) is 0 Å². The molecule has 1 amide bonds. The van der Waals surface area contributed by atoms with Gasteiger partial charge in [0.25, 0.3) is 0 Å². The van der Waals surface area contributed by atoms with Crippen LogP contribution in [-0.2, 0) is 18.3 Å². The number of imidazole rings is 1. The van der Waals surface area contributed by atoms with Crippen LogP contribution in [0.15, 0.2) is 66.7 Å². The van der Waals surface area contributed by atoms with E-state index in [1.807, 2.05) is 67.7 Å². The average molecular weight is 401 g/mol. The third-order valence-corrected chi connectivity index (χ3v) is 5.06. The number of carbonyl (C=O) groups is 1.